The lowest BCUT2D eigenvalue weighted by Gasteiger charge is -2.32. The fourth-order valence-corrected chi connectivity index (χ4v) is 2.68. The Labute approximate surface area is 108 Å². The third kappa shape index (κ3) is 3.33. The summed E-state index contributed by atoms with van der Waals surface area (Å²) in [6.07, 6.45) is 0. The molecule has 0 fully saturated rings. The summed E-state index contributed by atoms with van der Waals surface area (Å²) in [5, 5.41) is 3.57. The van der Waals surface area contributed by atoms with Crippen molar-refractivity contribution in [3.05, 3.63) is 33.8 Å². The van der Waals surface area contributed by atoms with E-state index in [-0.39, 0.29) is 5.41 Å². The maximum absolute atomic E-state index is 3.67. The predicted octanol–water partition coefficient (Wildman–Crippen LogP) is 4.45. The van der Waals surface area contributed by atoms with Crippen LogP contribution >= 0.6 is 15.9 Å². The molecule has 1 rings (SSSR count). The third-order valence-corrected chi connectivity index (χ3v) is 3.43. The zero-order valence-corrected chi connectivity index (χ0v) is 12.5. The summed E-state index contributed by atoms with van der Waals surface area (Å²) in [6.45, 7) is 12.1. The van der Waals surface area contributed by atoms with Crippen molar-refractivity contribution in [1.29, 1.82) is 0 Å². The van der Waals surface area contributed by atoms with Crippen molar-refractivity contribution in [3.63, 3.8) is 0 Å². The molecule has 2 heteroatoms. The SMILES string of the molecule is CCNC(c1ccc(C)cc1Br)C(C)(C)C. The van der Waals surface area contributed by atoms with Crippen molar-refractivity contribution in [1.82, 2.24) is 5.32 Å². The number of aryl methyl sites for hydroxylation is 1. The van der Waals surface area contributed by atoms with Crippen LogP contribution in [-0.4, -0.2) is 6.54 Å². The van der Waals surface area contributed by atoms with Gasteiger partial charge in [-0.15, -0.1) is 0 Å². The largest absolute Gasteiger partial charge is 0.310 e. The van der Waals surface area contributed by atoms with Crippen LogP contribution in [0.4, 0.5) is 0 Å². The molecule has 0 aliphatic rings. The highest BCUT2D eigenvalue weighted by atomic mass is 79.9. The maximum Gasteiger partial charge on any atom is 0.0380 e. The first-order valence-electron chi connectivity index (χ1n) is 5.85. The summed E-state index contributed by atoms with van der Waals surface area (Å²) < 4.78 is 1.20. The van der Waals surface area contributed by atoms with E-state index in [1.165, 1.54) is 15.6 Å². The van der Waals surface area contributed by atoms with Gasteiger partial charge in [-0.2, -0.15) is 0 Å². The molecule has 1 unspecified atom stereocenters. The summed E-state index contributed by atoms with van der Waals surface area (Å²) in [4.78, 5) is 0. The number of halogens is 1. The number of benzene rings is 1. The first-order chi connectivity index (χ1) is 7.36. The first kappa shape index (κ1) is 13.7. The lowest BCUT2D eigenvalue weighted by atomic mass is 9.82. The van der Waals surface area contributed by atoms with Gasteiger partial charge in [-0.25, -0.2) is 0 Å². The predicted molar refractivity (Wildman–Crippen MR) is 74.8 cm³/mol. The lowest BCUT2D eigenvalue weighted by Crippen LogP contribution is -2.32. The highest BCUT2D eigenvalue weighted by Gasteiger charge is 2.26. The summed E-state index contributed by atoms with van der Waals surface area (Å²) in [6, 6.07) is 6.96. The molecule has 0 bridgehead atoms. The molecule has 0 spiro atoms. The van der Waals surface area contributed by atoms with Crippen LogP contribution in [0, 0.1) is 12.3 Å². The van der Waals surface area contributed by atoms with Crippen molar-refractivity contribution in [2.24, 2.45) is 5.41 Å². The Kier molecular flexibility index (Phi) is 4.57. The van der Waals surface area contributed by atoms with Crippen LogP contribution in [0.3, 0.4) is 0 Å². The summed E-state index contributed by atoms with van der Waals surface area (Å²) in [5.41, 5.74) is 2.85. The molecule has 0 amide bonds. The standard InChI is InChI=1S/C14H22BrN/c1-6-16-13(14(3,4)5)11-8-7-10(2)9-12(11)15/h7-9,13,16H,6H2,1-5H3. The molecule has 1 aromatic rings. The van der Waals surface area contributed by atoms with Gasteiger partial charge >= 0.3 is 0 Å². The van der Waals surface area contributed by atoms with Gasteiger partial charge in [-0.1, -0.05) is 55.8 Å². The first-order valence-corrected chi connectivity index (χ1v) is 6.65. The number of rotatable bonds is 3. The highest BCUT2D eigenvalue weighted by molar-refractivity contribution is 9.10. The fourth-order valence-electron chi connectivity index (χ4n) is 1.95. The van der Waals surface area contributed by atoms with Crippen LogP contribution < -0.4 is 5.32 Å². The molecule has 1 aromatic carbocycles. The Morgan fingerprint density at radius 2 is 1.94 bits per heavy atom. The van der Waals surface area contributed by atoms with Crippen molar-refractivity contribution in [3.8, 4) is 0 Å². The van der Waals surface area contributed by atoms with Crippen LogP contribution in [0.1, 0.15) is 44.9 Å². The smallest absolute Gasteiger partial charge is 0.0380 e. The van der Waals surface area contributed by atoms with Crippen molar-refractivity contribution in [2.45, 2.75) is 40.7 Å². The van der Waals surface area contributed by atoms with E-state index in [9.17, 15) is 0 Å². The monoisotopic (exact) mass is 283 g/mol. The number of hydrogen-bond acceptors (Lipinski definition) is 1. The minimum atomic E-state index is 0.216. The van der Waals surface area contributed by atoms with Crippen LogP contribution in [-0.2, 0) is 0 Å². The van der Waals surface area contributed by atoms with E-state index in [1.54, 1.807) is 0 Å². The topological polar surface area (TPSA) is 12.0 Å². The Bertz CT molecular complexity index is 352. The molecule has 0 aliphatic heterocycles. The number of nitrogens with one attached hydrogen (secondary N) is 1. The second-order valence-corrected chi connectivity index (χ2v) is 6.24. The van der Waals surface area contributed by atoms with Crippen LogP contribution in [0.25, 0.3) is 0 Å². The minimum Gasteiger partial charge on any atom is -0.310 e. The summed E-state index contributed by atoms with van der Waals surface area (Å²) in [7, 11) is 0. The molecule has 0 radical (unpaired) electrons. The Morgan fingerprint density at radius 1 is 1.31 bits per heavy atom. The van der Waals surface area contributed by atoms with Gasteiger partial charge in [-0.05, 0) is 36.1 Å². The normalized spacial score (nSPS) is 13.9. The van der Waals surface area contributed by atoms with Gasteiger partial charge in [0, 0.05) is 10.5 Å². The molecule has 0 aromatic heterocycles. The average molecular weight is 284 g/mol. The molecule has 1 nitrogen and oxygen atoms in total. The molecule has 0 saturated heterocycles. The highest BCUT2D eigenvalue weighted by Crippen LogP contribution is 2.36. The van der Waals surface area contributed by atoms with Crippen molar-refractivity contribution in [2.75, 3.05) is 6.54 Å². The second kappa shape index (κ2) is 5.33. The van der Waals surface area contributed by atoms with E-state index in [0.717, 1.165) is 6.54 Å². The van der Waals surface area contributed by atoms with Crippen LogP contribution in [0.5, 0.6) is 0 Å². The molecule has 0 saturated carbocycles. The van der Waals surface area contributed by atoms with Gasteiger partial charge in [0.05, 0.1) is 0 Å². The summed E-state index contributed by atoms with van der Waals surface area (Å²) in [5.74, 6) is 0. The van der Waals surface area contributed by atoms with Crippen LogP contribution in [0.2, 0.25) is 0 Å². The molecule has 1 atom stereocenters. The zero-order valence-electron chi connectivity index (χ0n) is 10.9. The van der Waals surface area contributed by atoms with E-state index in [2.05, 4.69) is 74.1 Å². The van der Waals surface area contributed by atoms with Gasteiger partial charge in [0.15, 0.2) is 0 Å². The van der Waals surface area contributed by atoms with Crippen molar-refractivity contribution >= 4 is 15.9 Å². The Balaban J connectivity index is 3.11. The van der Waals surface area contributed by atoms with Gasteiger partial charge in [0.25, 0.3) is 0 Å². The van der Waals surface area contributed by atoms with Gasteiger partial charge in [0.1, 0.15) is 0 Å². The van der Waals surface area contributed by atoms with Crippen LogP contribution in [0.15, 0.2) is 22.7 Å². The maximum atomic E-state index is 3.67. The molecule has 90 valence electrons. The zero-order chi connectivity index (χ0) is 12.3. The van der Waals surface area contributed by atoms with E-state index in [0.29, 0.717) is 6.04 Å². The minimum absolute atomic E-state index is 0.216. The fraction of sp³-hybridized carbons (Fsp3) is 0.571. The quantitative estimate of drug-likeness (QED) is 0.864. The van der Waals surface area contributed by atoms with E-state index < -0.39 is 0 Å². The second-order valence-electron chi connectivity index (χ2n) is 5.38. The molecule has 0 aliphatic carbocycles. The lowest BCUT2D eigenvalue weighted by molar-refractivity contribution is 0.276. The average Bonchev–Trinajstić information content (AvgIpc) is 2.13. The van der Waals surface area contributed by atoms with Crippen molar-refractivity contribution < 1.29 is 0 Å². The number of hydrogen-bond donors (Lipinski definition) is 1. The van der Waals surface area contributed by atoms with Gasteiger partial charge < -0.3 is 5.32 Å². The van der Waals surface area contributed by atoms with Gasteiger partial charge in [-0.3, -0.25) is 0 Å². The molecule has 1 N–H and O–H groups in total. The van der Waals surface area contributed by atoms with E-state index in [1.807, 2.05) is 0 Å². The van der Waals surface area contributed by atoms with E-state index in [4.69, 9.17) is 0 Å². The molecular formula is C14H22BrN. The summed E-state index contributed by atoms with van der Waals surface area (Å²) >= 11 is 3.67. The van der Waals surface area contributed by atoms with E-state index >= 15 is 0 Å². The molecule has 0 heterocycles. The molecular weight excluding hydrogens is 262 g/mol. The Morgan fingerprint density at radius 3 is 2.38 bits per heavy atom. The molecule has 16 heavy (non-hydrogen) atoms. The third-order valence-electron chi connectivity index (χ3n) is 2.74. The Hall–Kier alpha value is -0.340. The van der Waals surface area contributed by atoms with Gasteiger partial charge in [0.2, 0.25) is 0 Å².